The van der Waals surface area contributed by atoms with Crippen LogP contribution in [0.1, 0.15) is 42.7 Å². The van der Waals surface area contributed by atoms with E-state index in [4.69, 9.17) is 33.1 Å². The van der Waals surface area contributed by atoms with Crippen molar-refractivity contribution in [1.29, 1.82) is 0 Å². The molecule has 6 nitrogen and oxygen atoms in total. The van der Waals surface area contributed by atoms with E-state index >= 15 is 0 Å². The Bertz CT molecular complexity index is 1060. The first kappa shape index (κ1) is 22.8. The zero-order valence-electron chi connectivity index (χ0n) is 16.5. The van der Waals surface area contributed by atoms with Crippen LogP contribution in [0.15, 0.2) is 42.6 Å². The third kappa shape index (κ3) is 5.42. The molecule has 2 aromatic heterocycles. The standard InChI is InChI=1S/C21H21Cl2N3O3S/c1-21(2,30(24)28)7-6-18(27)15-9-13-10-16(22)19(11-17(13)26-20(15)23)29-12-14-5-3-4-8-25-14/h3-5,8-11H,6-7,12,24H2,1-2H3/t30-/m1/s1. The van der Waals surface area contributed by atoms with E-state index < -0.39 is 16.1 Å². The number of rotatable bonds is 8. The normalized spacial score (nSPS) is 12.7. The van der Waals surface area contributed by atoms with Crippen LogP contribution in [0.5, 0.6) is 5.75 Å². The molecule has 30 heavy (non-hydrogen) atoms. The molecule has 0 radical (unpaired) electrons. The molecule has 2 N–H and O–H groups in total. The van der Waals surface area contributed by atoms with E-state index in [0.717, 1.165) is 5.69 Å². The molecule has 0 aliphatic rings. The number of benzene rings is 1. The minimum atomic E-state index is -1.53. The predicted octanol–water partition coefficient (Wildman–Crippen LogP) is 4.88. The molecule has 3 rings (SSSR count). The summed E-state index contributed by atoms with van der Waals surface area (Å²) >= 11 is 11.1. The van der Waals surface area contributed by atoms with Gasteiger partial charge in [-0.15, -0.1) is 0 Å². The van der Waals surface area contributed by atoms with E-state index in [1.165, 1.54) is 0 Å². The van der Waals surface area contributed by atoms with Gasteiger partial charge in [0.25, 0.3) is 0 Å². The van der Waals surface area contributed by atoms with Crippen LogP contribution in [0.25, 0.3) is 10.9 Å². The first-order valence-electron chi connectivity index (χ1n) is 9.19. The molecular formula is C21H21Cl2N3O3S. The van der Waals surface area contributed by atoms with Gasteiger partial charge in [0.05, 0.1) is 21.8 Å². The van der Waals surface area contributed by atoms with Gasteiger partial charge in [0.1, 0.15) is 22.3 Å². The first-order chi connectivity index (χ1) is 14.2. The van der Waals surface area contributed by atoms with Crippen LogP contribution in [0.2, 0.25) is 10.2 Å². The Hall–Kier alpha value is -1.90. The van der Waals surface area contributed by atoms with E-state index in [9.17, 15) is 9.35 Å². The lowest BCUT2D eigenvalue weighted by molar-refractivity contribution is 0.0977. The number of aromatic nitrogens is 2. The number of nitrogens with zero attached hydrogens (tertiary/aromatic N) is 2. The number of nitrogens with two attached hydrogens (primary N) is 1. The lowest BCUT2D eigenvalue weighted by atomic mass is 10.0. The Morgan fingerprint density at radius 2 is 2.03 bits per heavy atom. The molecular weight excluding hydrogens is 445 g/mol. The molecule has 9 heteroatoms. The molecule has 0 aliphatic heterocycles. The Morgan fingerprint density at radius 3 is 2.70 bits per heavy atom. The van der Waals surface area contributed by atoms with Crippen molar-refractivity contribution in [2.24, 2.45) is 5.14 Å². The van der Waals surface area contributed by atoms with E-state index in [2.05, 4.69) is 9.97 Å². The molecule has 0 saturated heterocycles. The molecule has 0 unspecified atom stereocenters. The van der Waals surface area contributed by atoms with Crippen molar-refractivity contribution in [3.05, 3.63) is 64.0 Å². The first-order valence-corrected chi connectivity index (χ1v) is 11.2. The van der Waals surface area contributed by atoms with Gasteiger partial charge in [0.2, 0.25) is 0 Å². The van der Waals surface area contributed by atoms with Crippen LogP contribution in [-0.4, -0.2) is 25.1 Å². The second-order valence-electron chi connectivity index (χ2n) is 7.39. The van der Waals surface area contributed by atoms with Crippen molar-refractivity contribution < 1.29 is 14.1 Å². The number of hydrogen-bond donors (Lipinski definition) is 1. The summed E-state index contributed by atoms with van der Waals surface area (Å²) in [5, 5.41) is 6.63. The summed E-state index contributed by atoms with van der Waals surface area (Å²) < 4.78 is 16.7. The summed E-state index contributed by atoms with van der Waals surface area (Å²) in [5.74, 6) is 0.254. The summed E-state index contributed by atoms with van der Waals surface area (Å²) in [6.07, 6.45) is 2.21. The average molecular weight is 466 g/mol. The number of halogens is 2. The monoisotopic (exact) mass is 465 g/mol. The molecule has 1 atom stereocenters. The van der Waals surface area contributed by atoms with Crippen molar-refractivity contribution in [3.63, 3.8) is 0 Å². The number of fused-ring (bicyclic) bond motifs is 1. The fourth-order valence-electron chi connectivity index (χ4n) is 2.74. The predicted molar refractivity (Wildman–Crippen MR) is 120 cm³/mol. The second kappa shape index (κ2) is 9.49. The molecule has 0 spiro atoms. The number of carbonyl (C=O) groups is 1. The lowest BCUT2D eigenvalue weighted by Crippen LogP contribution is -2.38. The van der Waals surface area contributed by atoms with Crippen molar-refractivity contribution >= 4 is 51.2 Å². The minimum absolute atomic E-state index is 0.0946. The Balaban J connectivity index is 1.81. The number of carbonyl (C=O) groups excluding carboxylic acids is 1. The van der Waals surface area contributed by atoms with Gasteiger partial charge in [-0.05, 0) is 38.1 Å². The topological polar surface area (TPSA) is 101 Å². The van der Waals surface area contributed by atoms with Crippen LogP contribution < -0.4 is 9.88 Å². The number of Topliss-reactive ketones (excluding diaryl/α,β-unsaturated/α-hetero) is 1. The third-order valence-corrected chi connectivity index (χ3v) is 6.60. The van der Waals surface area contributed by atoms with Crippen molar-refractivity contribution in [2.45, 2.75) is 38.0 Å². The van der Waals surface area contributed by atoms with Gasteiger partial charge in [-0.25, -0.2) is 4.98 Å². The van der Waals surface area contributed by atoms with Gasteiger partial charge < -0.3 is 9.29 Å². The van der Waals surface area contributed by atoms with Crippen molar-refractivity contribution in [3.8, 4) is 5.75 Å². The second-order valence-corrected chi connectivity index (χ2v) is 9.86. The zero-order valence-corrected chi connectivity index (χ0v) is 18.9. The highest BCUT2D eigenvalue weighted by atomic mass is 35.5. The third-order valence-electron chi connectivity index (χ3n) is 4.72. The van der Waals surface area contributed by atoms with Gasteiger partial charge in [-0.1, -0.05) is 29.3 Å². The summed E-state index contributed by atoms with van der Waals surface area (Å²) in [6.45, 7) is 3.76. The Morgan fingerprint density at radius 1 is 1.27 bits per heavy atom. The van der Waals surface area contributed by atoms with Gasteiger partial charge in [-0.2, -0.15) is 5.14 Å². The quantitative estimate of drug-likeness (QED) is 0.289. The smallest absolute Gasteiger partial charge is 0.166 e. The number of ether oxygens (including phenoxy) is 1. The minimum Gasteiger partial charge on any atom is -0.598 e. The van der Waals surface area contributed by atoms with Gasteiger partial charge in [-0.3, -0.25) is 9.78 Å². The van der Waals surface area contributed by atoms with Crippen molar-refractivity contribution in [1.82, 2.24) is 9.97 Å². The van der Waals surface area contributed by atoms with Crippen LogP contribution in [0.4, 0.5) is 0 Å². The molecule has 3 aromatic rings. The van der Waals surface area contributed by atoms with E-state index in [1.54, 1.807) is 38.2 Å². The highest BCUT2D eigenvalue weighted by Gasteiger charge is 2.30. The maximum Gasteiger partial charge on any atom is 0.166 e. The summed E-state index contributed by atoms with van der Waals surface area (Å²) in [7, 11) is 0. The summed E-state index contributed by atoms with van der Waals surface area (Å²) in [6, 6.07) is 10.6. The summed E-state index contributed by atoms with van der Waals surface area (Å²) in [4.78, 5) is 21.2. The fourth-order valence-corrected chi connectivity index (χ4v) is 3.52. The Kier molecular flexibility index (Phi) is 7.21. The number of hydrogen-bond acceptors (Lipinski definition) is 6. The largest absolute Gasteiger partial charge is 0.598 e. The summed E-state index contributed by atoms with van der Waals surface area (Å²) in [5.41, 5.74) is 1.61. The van der Waals surface area contributed by atoms with Crippen LogP contribution >= 0.6 is 23.2 Å². The number of ketones is 1. The Labute approximate surface area is 188 Å². The van der Waals surface area contributed by atoms with Crippen molar-refractivity contribution in [2.75, 3.05) is 0 Å². The number of pyridine rings is 2. The molecule has 0 bridgehead atoms. The average Bonchev–Trinajstić information content (AvgIpc) is 2.71. The van der Waals surface area contributed by atoms with Gasteiger partial charge >= 0.3 is 0 Å². The highest BCUT2D eigenvalue weighted by molar-refractivity contribution is 7.90. The SMILES string of the molecule is CC(C)(CCC(=O)c1cc2cc(Cl)c(OCc3ccccn3)cc2nc1Cl)[S@+](N)[O-]. The van der Waals surface area contributed by atoms with E-state index in [1.807, 2.05) is 18.2 Å². The fraction of sp³-hybridized carbons (Fsp3) is 0.286. The van der Waals surface area contributed by atoms with Gasteiger partial charge in [0, 0.05) is 41.9 Å². The van der Waals surface area contributed by atoms with Crippen LogP contribution in [-0.2, 0) is 18.0 Å². The maximum absolute atomic E-state index is 12.7. The lowest BCUT2D eigenvalue weighted by Gasteiger charge is -2.23. The molecule has 0 saturated carbocycles. The van der Waals surface area contributed by atoms with Gasteiger partial charge in [0.15, 0.2) is 5.78 Å². The molecule has 0 amide bonds. The molecule has 0 fully saturated rings. The molecule has 1 aromatic carbocycles. The van der Waals surface area contributed by atoms with Crippen LogP contribution in [0.3, 0.4) is 0 Å². The molecule has 158 valence electrons. The van der Waals surface area contributed by atoms with E-state index in [-0.39, 0.29) is 24.0 Å². The van der Waals surface area contributed by atoms with E-state index in [0.29, 0.717) is 33.7 Å². The highest BCUT2D eigenvalue weighted by Crippen LogP contribution is 2.32. The maximum atomic E-state index is 12.7. The zero-order chi connectivity index (χ0) is 21.9. The van der Waals surface area contributed by atoms with Crippen LogP contribution in [0, 0.1) is 0 Å². The molecule has 0 aliphatic carbocycles. The molecule has 2 heterocycles.